The third-order valence-corrected chi connectivity index (χ3v) is 6.19. The molecule has 0 saturated carbocycles. The van der Waals surface area contributed by atoms with E-state index in [1.54, 1.807) is 18.2 Å². The van der Waals surface area contributed by atoms with Gasteiger partial charge in [0.15, 0.2) is 11.6 Å². The van der Waals surface area contributed by atoms with Crippen molar-refractivity contribution < 1.29 is 32.9 Å². The highest BCUT2D eigenvalue weighted by atomic mass is 19.1. The molecule has 10 heteroatoms. The second-order valence-electron chi connectivity index (χ2n) is 10.8. The van der Waals surface area contributed by atoms with Crippen molar-refractivity contribution in [2.75, 3.05) is 13.7 Å². The number of hydrogen-bond donors (Lipinski definition) is 1. The summed E-state index contributed by atoms with van der Waals surface area (Å²) in [5.41, 5.74) is 0.673. The summed E-state index contributed by atoms with van der Waals surface area (Å²) in [4.78, 5) is 21.0. The fourth-order valence-electron chi connectivity index (χ4n) is 4.56. The predicted molar refractivity (Wildman–Crippen MR) is 136 cm³/mol. The Bertz CT molecular complexity index is 1150. The Balaban J connectivity index is 1.51. The normalized spacial score (nSPS) is 25.9. The number of halogens is 1. The Morgan fingerprint density at radius 1 is 1.30 bits per heavy atom. The molecule has 2 aromatic rings. The maximum absolute atomic E-state index is 14.7. The summed E-state index contributed by atoms with van der Waals surface area (Å²) in [6, 6.07) is 3.16. The number of alkyl carbamates (subject to hydrolysis) is 1. The summed E-state index contributed by atoms with van der Waals surface area (Å²) < 4.78 is 43.5. The molecule has 1 amide bonds. The van der Waals surface area contributed by atoms with Crippen molar-refractivity contribution in [3.05, 3.63) is 35.8 Å². The van der Waals surface area contributed by atoms with Gasteiger partial charge in [-0.25, -0.2) is 14.2 Å². The van der Waals surface area contributed by atoms with Crippen molar-refractivity contribution in [3.63, 3.8) is 0 Å². The van der Waals surface area contributed by atoms with Gasteiger partial charge in [0, 0.05) is 18.1 Å². The van der Waals surface area contributed by atoms with Crippen LogP contribution in [-0.4, -0.2) is 65.5 Å². The highest BCUT2D eigenvalue weighted by Gasteiger charge is 2.39. The standard InChI is InChI=1S/C27H36FN3O6/c1-26(2,3)37-25(32)30-20-10-8-16(35-22(20)13-17-15-34-27(4,5)36-17)7-9-18-19(28)14-29-21-11-12-23(33-6)31-24(18)21/h7,9,11-12,14,16-17,20,22H,8,10,13,15H2,1-6H3,(H,30,32)/b9-7+/t16-,17?,20-,22-/m1/s1. The van der Waals surface area contributed by atoms with Gasteiger partial charge in [0.2, 0.25) is 5.88 Å². The number of pyridine rings is 2. The number of nitrogens with zero attached hydrogens (tertiary/aromatic N) is 2. The van der Waals surface area contributed by atoms with Gasteiger partial charge >= 0.3 is 6.09 Å². The SMILES string of the molecule is COc1ccc2ncc(F)c(/C=C/[C@@H]3CC[C@@H](NC(=O)OC(C)(C)C)[C@@H](CC4COC(C)(C)O4)O3)c2n1. The Kier molecular flexibility index (Phi) is 8.01. The van der Waals surface area contributed by atoms with E-state index in [1.165, 1.54) is 13.3 Å². The van der Waals surface area contributed by atoms with Gasteiger partial charge < -0.3 is 29.0 Å². The molecule has 4 rings (SSSR count). The number of hydrogen-bond acceptors (Lipinski definition) is 8. The van der Waals surface area contributed by atoms with Crippen LogP contribution in [0.4, 0.5) is 9.18 Å². The van der Waals surface area contributed by atoms with Crippen LogP contribution in [0.1, 0.15) is 59.4 Å². The molecular formula is C27H36FN3O6. The van der Waals surface area contributed by atoms with Crippen molar-refractivity contribution in [2.24, 2.45) is 0 Å². The lowest BCUT2D eigenvalue weighted by Gasteiger charge is -2.37. The Labute approximate surface area is 216 Å². The lowest BCUT2D eigenvalue weighted by Crippen LogP contribution is -2.51. The first-order valence-electron chi connectivity index (χ1n) is 12.6. The van der Waals surface area contributed by atoms with Gasteiger partial charge in [0.05, 0.1) is 49.8 Å². The monoisotopic (exact) mass is 517 g/mol. The lowest BCUT2D eigenvalue weighted by molar-refractivity contribution is -0.146. The maximum atomic E-state index is 14.7. The summed E-state index contributed by atoms with van der Waals surface area (Å²) in [5.74, 6) is -0.776. The fourth-order valence-corrected chi connectivity index (χ4v) is 4.56. The van der Waals surface area contributed by atoms with Gasteiger partial charge in [-0.3, -0.25) is 4.98 Å². The topological polar surface area (TPSA) is 101 Å². The molecule has 202 valence electrons. The number of carbonyl (C=O) groups excluding carboxylic acids is 1. The van der Waals surface area contributed by atoms with Gasteiger partial charge in [-0.15, -0.1) is 0 Å². The highest BCUT2D eigenvalue weighted by molar-refractivity contribution is 5.84. The van der Waals surface area contributed by atoms with Crippen LogP contribution in [-0.2, 0) is 18.9 Å². The molecule has 4 atom stereocenters. The van der Waals surface area contributed by atoms with Crippen LogP contribution in [0.3, 0.4) is 0 Å². The lowest BCUT2D eigenvalue weighted by atomic mass is 9.94. The zero-order valence-electron chi connectivity index (χ0n) is 22.2. The molecule has 1 N–H and O–H groups in total. The van der Waals surface area contributed by atoms with E-state index in [0.717, 1.165) is 0 Å². The summed E-state index contributed by atoms with van der Waals surface area (Å²) >= 11 is 0. The second kappa shape index (κ2) is 10.9. The Morgan fingerprint density at radius 3 is 2.76 bits per heavy atom. The van der Waals surface area contributed by atoms with Gasteiger partial charge in [-0.2, -0.15) is 0 Å². The summed E-state index contributed by atoms with van der Waals surface area (Å²) in [6.45, 7) is 9.64. The Morgan fingerprint density at radius 2 is 2.08 bits per heavy atom. The van der Waals surface area contributed by atoms with Crippen molar-refractivity contribution in [2.45, 2.75) is 89.6 Å². The van der Waals surface area contributed by atoms with Gasteiger partial charge in [-0.1, -0.05) is 12.2 Å². The van der Waals surface area contributed by atoms with Crippen molar-refractivity contribution in [3.8, 4) is 5.88 Å². The molecule has 0 aliphatic carbocycles. The molecule has 37 heavy (non-hydrogen) atoms. The van der Waals surface area contributed by atoms with E-state index in [-0.39, 0.29) is 24.4 Å². The average molecular weight is 518 g/mol. The molecule has 0 radical (unpaired) electrons. The van der Waals surface area contributed by atoms with E-state index in [4.69, 9.17) is 23.7 Å². The molecule has 0 spiro atoms. The maximum Gasteiger partial charge on any atom is 0.407 e. The zero-order chi connectivity index (χ0) is 26.8. The Hall–Kier alpha value is -2.82. The van der Waals surface area contributed by atoms with Crippen LogP contribution in [0.5, 0.6) is 5.88 Å². The second-order valence-corrected chi connectivity index (χ2v) is 10.8. The smallest absolute Gasteiger partial charge is 0.407 e. The van der Waals surface area contributed by atoms with E-state index >= 15 is 0 Å². The predicted octanol–water partition coefficient (Wildman–Crippen LogP) is 4.77. The minimum Gasteiger partial charge on any atom is -0.481 e. The number of nitrogens with one attached hydrogen (secondary N) is 1. The third-order valence-electron chi connectivity index (χ3n) is 6.19. The average Bonchev–Trinajstić information content (AvgIpc) is 3.16. The van der Waals surface area contributed by atoms with Crippen molar-refractivity contribution in [1.29, 1.82) is 0 Å². The van der Waals surface area contributed by atoms with Crippen LogP contribution in [0, 0.1) is 5.82 Å². The zero-order valence-corrected chi connectivity index (χ0v) is 22.2. The minimum absolute atomic E-state index is 0.177. The number of aromatic nitrogens is 2. The molecule has 9 nitrogen and oxygen atoms in total. The van der Waals surface area contributed by atoms with Crippen LogP contribution in [0.2, 0.25) is 0 Å². The molecule has 0 aromatic carbocycles. The van der Waals surface area contributed by atoms with E-state index < -0.39 is 23.3 Å². The van der Waals surface area contributed by atoms with E-state index in [2.05, 4.69) is 15.3 Å². The summed E-state index contributed by atoms with van der Waals surface area (Å²) in [5, 5.41) is 2.96. The number of fused-ring (bicyclic) bond motifs is 1. The number of methoxy groups -OCH3 is 1. The fraction of sp³-hybridized carbons (Fsp3) is 0.593. The van der Waals surface area contributed by atoms with Crippen molar-refractivity contribution >= 4 is 23.2 Å². The largest absolute Gasteiger partial charge is 0.481 e. The third kappa shape index (κ3) is 7.15. The van der Waals surface area contributed by atoms with E-state index in [9.17, 15) is 9.18 Å². The molecule has 4 heterocycles. The number of amides is 1. The van der Waals surface area contributed by atoms with E-state index in [0.29, 0.717) is 48.3 Å². The quantitative estimate of drug-likeness (QED) is 0.585. The van der Waals surface area contributed by atoms with Crippen LogP contribution in [0.15, 0.2) is 24.4 Å². The highest BCUT2D eigenvalue weighted by Crippen LogP contribution is 2.31. The van der Waals surface area contributed by atoms with Crippen LogP contribution < -0.4 is 10.1 Å². The summed E-state index contributed by atoms with van der Waals surface area (Å²) in [6.07, 6.45) is 5.17. The van der Waals surface area contributed by atoms with Crippen LogP contribution in [0.25, 0.3) is 17.1 Å². The molecule has 1 unspecified atom stereocenters. The number of rotatable bonds is 6. The minimum atomic E-state index is -0.666. The molecule has 2 aromatic heterocycles. The number of carbonyl (C=O) groups is 1. The van der Waals surface area contributed by atoms with Gasteiger partial charge in [0.1, 0.15) is 11.1 Å². The molecule has 2 fully saturated rings. The molecule has 2 saturated heterocycles. The molecule has 0 bridgehead atoms. The number of ether oxygens (including phenoxy) is 5. The molecule has 2 aliphatic heterocycles. The first kappa shape index (κ1) is 27.2. The van der Waals surface area contributed by atoms with E-state index in [1.807, 2.05) is 40.7 Å². The first-order chi connectivity index (χ1) is 17.4. The summed E-state index contributed by atoms with van der Waals surface area (Å²) in [7, 11) is 1.51. The van der Waals surface area contributed by atoms with Crippen LogP contribution >= 0.6 is 0 Å². The van der Waals surface area contributed by atoms with Gasteiger partial charge in [0.25, 0.3) is 0 Å². The first-order valence-corrected chi connectivity index (χ1v) is 12.6. The molecular weight excluding hydrogens is 481 g/mol. The van der Waals surface area contributed by atoms with Crippen molar-refractivity contribution in [1.82, 2.24) is 15.3 Å². The molecule has 2 aliphatic rings. The van der Waals surface area contributed by atoms with Gasteiger partial charge in [-0.05, 0) is 53.5 Å².